The Bertz CT molecular complexity index is 912. The SMILES string of the molecule is CNc1nc(C)nc(N(C)C2CCC(C(=O)NCc3ccccc3C(F)(F)F)CC2)n1. The number of aromatic nitrogens is 3. The molecule has 0 unspecified atom stereocenters. The third kappa shape index (κ3) is 5.62. The Morgan fingerprint density at radius 3 is 2.45 bits per heavy atom. The van der Waals surface area contributed by atoms with E-state index in [1.54, 1.807) is 20.0 Å². The van der Waals surface area contributed by atoms with Crippen molar-refractivity contribution in [2.24, 2.45) is 5.92 Å². The molecular weight excluding hydrogens is 409 g/mol. The molecule has 1 aromatic carbocycles. The molecule has 1 amide bonds. The van der Waals surface area contributed by atoms with Crippen molar-refractivity contribution in [1.82, 2.24) is 20.3 Å². The van der Waals surface area contributed by atoms with Crippen LogP contribution >= 0.6 is 0 Å². The second-order valence-corrected chi connectivity index (χ2v) is 7.75. The number of anilines is 2. The van der Waals surface area contributed by atoms with E-state index in [4.69, 9.17) is 0 Å². The van der Waals surface area contributed by atoms with Crippen molar-refractivity contribution in [3.05, 3.63) is 41.2 Å². The molecule has 10 heteroatoms. The van der Waals surface area contributed by atoms with Gasteiger partial charge in [0.2, 0.25) is 17.8 Å². The summed E-state index contributed by atoms with van der Waals surface area (Å²) in [5, 5.41) is 5.60. The first-order valence-corrected chi connectivity index (χ1v) is 10.2. The Kier molecular flexibility index (Phi) is 6.97. The molecule has 0 bridgehead atoms. The lowest BCUT2D eigenvalue weighted by Gasteiger charge is -2.34. The highest BCUT2D eigenvalue weighted by Crippen LogP contribution is 2.32. The van der Waals surface area contributed by atoms with Crippen molar-refractivity contribution in [2.45, 2.75) is 51.4 Å². The number of rotatable bonds is 6. The Labute approximate surface area is 179 Å². The highest BCUT2D eigenvalue weighted by molar-refractivity contribution is 5.78. The zero-order valence-corrected chi connectivity index (χ0v) is 17.8. The molecule has 1 heterocycles. The van der Waals surface area contributed by atoms with Crippen LogP contribution in [-0.2, 0) is 17.5 Å². The van der Waals surface area contributed by atoms with Crippen LogP contribution in [0.5, 0.6) is 0 Å². The zero-order chi connectivity index (χ0) is 22.6. The molecule has 3 rings (SSSR count). The van der Waals surface area contributed by atoms with E-state index in [1.165, 1.54) is 12.1 Å². The minimum absolute atomic E-state index is 0.0716. The predicted octanol–water partition coefficient (Wildman–Crippen LogP) is 3.55. The number of hydrogen-bond acceptors (Lipinski definition) is 6. The molecule has 31 heavy (non-hydrogen) atoms. The number of carbonyl (C=O) groups excluding carboxylic acids is 1. The van der Waals surface area contributed by atoms with Gasteiger partial charge in [0.25, 0.3) is 0 Å². The van der Waals surface area contributed by atoms with Crippen molar-refractivity contribution < 1.29 is 18.0 Å². The maximum Gasteiger partial charge on any atom is 0.416 e. The Morgan fingerprint density at radius 2 is 1.81 bits per heavy atom. The smallest absolute Gasteiger partial charge is 0.357 e. The molecule has 1 saturated carbocycles. The summed E-state index contributed by atoms with van der Waals surface area (Å²) in [5.74, 6) is 1.28. The summed E-state index contributed by atoms with van der Waals surface area (Å²) in [6, 6.07) is 5.50. The summed E-state index contributed by atoms with van der Waals surface area (Å²) in [5.41, 5.74) is -0.642. The predicted molar refractivity (Wildman–Crippen MR) is 112 cm³/mol. The van der Waals surface area contributed by atoms with Gasteiger partial charge in [0.1, 0.15) is 5.82 Å². The second kappa shape index (κ2) is 9.49. The maximum absolute atomic E-state index is 13.1. The molecule has 1 aliphatic carbocycles. The van der Waals surface area contributed by atoms with Crippen LogP contribution in [0.1, 0.15) is 42.6 Å². The second-order valence-electron chi connectivity index (χ2n) is 7.75. The number of nitrogens with one attached hydrogen (secondary N) is 2. The number of nitrogens with zero attached hydrogens (tertiary/aromatic N) is 4. The van der Waals surface area contributed by atoms with E-state index in [-0.39, 0.29) is 30.0 Å². The molecule has 0 aliphatic heterocycles. The van der Waals surface area contributed by atoms with E-state index in [0.29, 0.717) is 30.6 Å². The van der Waals surface area contributed by atoms with Crippen molar-refractivity contribution >= 4 is 17.8 Å². The molecule has 2 N–H and O–H groups in total. The van der Waals surface area contributed by atoms with E-state index >= 15 is 0 Å². The lowest BCUT2D eigenvalue weighted by atomic mass is 9.85. The monoisotopic (exact) mass is 436 g/mol. The third-order valence-corrected chi connectivity index (χ3v) is 5.67. The lowest BCUT2D eigenvalue weighted by Crippen LogP contribution is -2.40. The van der Waals surface area contributed by atoms with Gasteiger partial charge in [0.15, 0.2) is 0 Å². The van der Waals surface area contributed by atoms with Crippen LogP contribution in [0.2, 0.25) is 0 Å². The van der Waals surface area contributed by atoms with Crippen molar-refractivity contribution in [3.63, 3.8) is 0 Å². The van der Waals surface area contributed by atoms with E-state index in [0.717, 1.165) is 18.9 Å². The van der Waals surface area contributed by atoms with Crippen LogP contribution in [0.4, 0.5) is 25.1 Å². The molecule has 168 valence electrons. The van der Waals surface area contributed by atoms with Crippen LogP contribution in [0, 0.1) is 12.8 Å². The number of aryl methyl sites for hydroxylation is 1. The standard InChI is InChI=1S/C21H27F3N6O/c1-13-27-19(25-2)29-20(28-13)30(3)16-10-8-14(9-11-16)18(31)26-12-15-6-4-5-7-17(15)21(22,23)24/h4-7,14,16H,8-12H2,1-3H3,(H,26,31)(H,25,27,28,29). The van der Waals surface area contributed by atoms with E-state index in [2.05, 4.69) is 25.6 Å². The van der Waals surface area contributed by atoms with Crippen LogP contribution < -0.4 is 15.5 Å². The fourth-order valence-electron chi connectivity index (χ4n) is 3.90. The van der Waals surface area contributed by atoms with Gasteiger partial charge in [-0.05, 0) is 44.2 Å². The van der Waals surface area contributed by atoms with E-state index in [9.17, 15) is 18.0 Å². The molecule has 1 fully saturated rings. The minimum atomic E-state index is -4.44. The van der Waals surface area contributed by atoms with Gasteiger partial charge < -0.3 is 15.5 Å². The minimum Gasteiger partial charge on any atom is -0.357 e. The van der Waals surface area contributed by atoms with Crippen LogP contribution in [-0.4, -0.2) is 41.0 Å². The first kappa shape index (κ1) is 22.8. The van der Waals surface area contributed by atoms with E-state index in [1.807, 2.05) is 11.9 Å². The highest BCUT2D eigenvalue weighted by atomic mass is 19.4. The Balaban J connectivity index is 1.55. The molecular formula is C21H27F3N6O. The van der Waals surface area contributed by atoms with Gasteiger partial charge in [-0.2, -0.15) is 28.1 Å². The first-order chi connectivity index (χ1) is 14.7. The van der Waals surface area contributed by atoms with Gasteiger partial charge in [-0.1, -0.05) is 18.2 Å². The van der Waals surface area contributed by atoms with Crippen LogP contribution in [0.25, 0.3) is 0 Å². The zero-order valence-electron chi connectivity index (χ0n) is 17.8. The fourth-order valence-corrected chi connectivity index (χ4v) is 3.90. The molecule has 0 atom stereocenters. The quantitative estimate of drug-likeness (QED) is 0.721. The number of carbonyl (C=O) groups is 1. The molecule has 0 saturated heterocycles. The van der Waals surface area contributed by atoms with Gasteiger partial charge in [-0.25, -0.2) is 0 Å². The van der Waals surface area contributed by atoms with Crippen LogP contribution in [0.3, 0.4) is 0 Å². The summed E-state index contributed by atoms with van der Waals surface area (Å²) in [4.78, 5) is 27.6. The third-order valence-electron chi connectivity index (χ3n) is 5.67. The summed E-state index contributed by atoms with van der Waals surface area (Å²) in [7, 11) is 3.67. The first-order valence-electron chi connectivity index (χ1n) is 10.2. The number of benzene rings is 1. The van der Waals surface area contributed by atoms with Crippen molar-refractivity contribution in [2.75, 3.05) is 24.3 Å². The fraction of sp³-hybridized carbons (Fsp3) is 0.524. The van der Waals surface area contributed by atoms with Crippen molar-refractivity contribution in [3.8, 4) is 0 Å². The summed E-state index contributed by atoms with van der Waals surface area (Å²) in [6.45, 7) is 1.67. The molecule has 2 aromatic rings. The largest absolute Gasteiger partial charge is 0.416 e. The van der Waals surface area contributed by atoms with Gasteiger partial charge >= 0.3 is 6.18 Å². The molecule has 1 aromatic heterocycles. The van der Waals surface area contributed by atoms with Gasteiger partial charge in [0.05, 0.1) is 5.56 Å². The molecule has 7 nitrogen and oxygen atoms in total. The Morgan fingerprint density at radius 1 is 1.13 bits per heavy atom. The van der Waals surface area contributed by atoms with Gasteiger partial charge in [-0.3, -0.25) is 4.79 Å². The highest BCUT2D eigenvalue weighted by Gasteiger charge is 2.33. The lowest BCUT2D eigenvalue weighted by molar-refractivity contribution is -0.138. The molecule has 0 radical (unpaired) electrons. The van der Waals surface area contributed by atoms with Gasteiger partial charge in [-0.15, -0.1) is 0 Å². The normalized spacial score (nSPS) is 19.0. The van der Waals surface area contributed by atoms with Crippen LogP contribution in [0.15, 0.2) is 24.3 Å². The molecule has 1 aliphatic rings. The summed E-state index contributed by atoms with van der Waals surface area (Å²) < 4.78 is 39.4. The number of hydrogen-bond donors (Lipinski definition) is 2. The average Bonchev–Trinajstić information content (AvgIpc) is 2.76. The number of alkyl halides is 3. The van der Waals surface area contributed by atoms with E-state index < -0.39 is 11.7 Å². The van der Waals surface area contributed by atoms with Crippen molar-refractivity contribution in [1.29, 1.82) is 0 Å². The summed E-state index contributed by atoms with van der Waals surface area (Å²) in [6.07, 6.45) is -1.58. The number of amides is 1. The summed E-state index contributed by atoms with van der Waals surface area (Å²) >= 11 is 0. The van der Waals surface area contributed by atoms with Gasteiger partial charge in [0, 0.05) is 32.6 Å². The molecule has 0 spiro atoms. The number of halogens is 3. The maximum atomic E-state index is 13.1. The topological polar surface area (TPSA) is 83.0 Å². The Hall–Kier alpha value is -2.91. The average molecular weight is 436 g/mol.